The van der Waals surface area contributed by atoms with Gasteiger partial charge in [0.15, 0.2) is 5.82 Å². The second-order valence-electron chi connectivity index (χ2n) is 4.08. The fourth-order valence-corrected chi connectivity index (χ4v) is 1.74. The van der Waals surface area contributed by atoms with Gasteiger partial charge in [-0.15, -0.1) is 5.10 Å². The van der Waals surface area contributed by atoms with Crippen molar-refractivity contribution < 1.29 is 5.21 Å². The molecule has 1 saturated carbocycles. The number of fused-ring (bicyclic) bond motifs is 1. The molecule has 0 atom stereocenters. The molecule has 2 aromatic rings. The van der Waals surface area contributed by atoms with E-state index in [9.17, 15) is 5.21 Å². The van der Waals surface area contributed by atoms with Gasteiger partial charge < -0.3 is 10.5 Å². The number of nitrogens with zero attached hydrogens (tertiary/aromatic N) is 2. The Hall–Kier alpha value is -1.71. The van der Waals surface area contributed by atoms with E-state index in [4.69, 9.17) is 0 Å². The molecule has 1 aliphatic carbocycles. The first kappa shape index (κ1) is 8.59. The van der Waals surface area contributed by atoms with Crippen molar-refractivity contribution in [1.29, 1.82) is 0 Å². The van der Waals surface area contributed by atoms with E-state index in [0.29, 0.717) is 0 Å². The van der Waals surface area contributed by atoms with E-state index in [1.165, 1.54) is 12.8 Å². The number of benzene rings is 1. The summed E-state index contributed by atoms with van der Waals surface area (Å²) in [4.78, 5) is 0.935. The summed E-state index contributed by atoms with van der Waals surface area (Å²) < 4.78 is 0. The highest BCUT2D eigenvalue weighted by molar-refractivity contribution is 5.89. The van der Waals surface area contributed by atoms with E-state index >= 15 is 0 Å². The topological polar surface area (TPSA) is 50.1 Å². The number of rotatable bonds is 3. The normalized spacial score (nSPS) is 15.7. The molecule has 2 N–H and O–H groups in total. The Labute approximate surface area is 87.5 Å². The van der Waals surface area contributed by atoms with Gasteiger partial charge in [-0.25, -0.2) is 0 Å². The number of para-hydroxylation sites is 1. The second kappa shape index (κ2) is 3.15. The van der Waals surface area contributed by atoms with Crippen molar-refractivity contribution in [3.8, 4) is 0 Å². The van der Waals surface area contributed by atoms with Crippen molar-refractivity contribution in [2.24, 2.45) is 5.92 Å². The summed E-state index contributed by atoms with van der Waals surface area (Å²) in [5.74, 6) is 1.58. The van der Waals surface area contributed by atoms with Gasteiger partial charge in [0.25, 0.3) is 0 Å². The molecule has 0 amide bonds. The zero-order valence-corrected chi connectivity index (χ0v) is 8.35. The molecule has 1 aromatic carbocycles. The highest BCUT2D eigenvalue weighted by atomic mass is 16.5. The molecule has 4 nitrogen and oxygen atoms in total. The highest BCUT2D eigenvalue weighted by Crippen LogP contribution is 2.30. The summed E-state index contributed by atoms with van der Waals surface area (Å²) in [7, 11) is 0. The minimum absolute atomic E-state index is 0.746. The van der Waals surface area contributed by atoms with E-state index in [0.717, 1.165) is 34.0 Å². The lowest BCUT2D eigenvalue weighted by Crippen LogP contribution is -2.04. The Morgan fingerprint density at radius 2 is 2.20 bits per heavy atom. The predicted octanol–water partition coefficient (Wildman–Crippen LogP) is 2.10. The van der Waals surface area contributed by atoms with Crippen molar-refractivity contribution in [2.75, 3.05) is 11.9 Å². The first-order valence-corrected chi connectivity index (χ1v) is 5.25. The van der Waals surface area contributed by atoms with Crippen molar-refractivity contribution in [1.82, 2.24) is 9.94 Å². The summed E-state index contributed by atoms with van der Waals surface area (Å²) >= 11 is 0. The zero-order chi connectivity index (χ0) is 10.3. The third-order valence-corrected chi connectivity index (χ3v) is 2.82. The van der Waals surface area contributed by atoms with E-state index < -0.39 is 0 Å². The van der Waals surface area contributed by atoms with E-state index in [1.54, 1.807) is 0 Å². The summed E-state index contributed by atoms with van der Waals surface area (Å²) in [6.07, 6.45) is 2.62. The fourth-order valence-electron chi connectivity index (χ4n) is 1.74. The molecule has 0 bridgehead atoms. The van der Waals surface area contributed by atoms with Crippen LogP contribution in [0.4, 0.5) is 5.82 Å². The molecule has 0 spiro atoms. The van der Waals surface area contributed by atoms with Crippen LogP contribution in [0.3, 0.4) is 0 Å². The van der Waals surface area contributed by atoms with Crippen LogP contribution in [0.15, 0.2) is 24.3 Å². The van der Waals surface area contributed by atoms with Gasteiger partial charge in [-0.3, -0.25) is 0 Å². The van der Waals surface area contributed by atoms with Crippen LogP contribution < -0.4 is 5.32 Å². The molecule has 1 aliphatic rings. The lowest BCUT2D eigenvalue weighted by atomic mass is 10.2. The van der Waals surface area contributed by atoms with Gasteiger partial charge in [-0.1, -0.05) is 17.0 Å². The van der Waals surface area contributed by atoms with Gasteiger partial charge in [0, 0.05) is 11.9 Å². The van der Waals surface area contributed by atoms with E-state index in [2.05, 4.69) is 10.4 Å². The van der Waals surface area contributed by atoms with Crippen molar-refractivity contribution in [3.05, 3.63) is 24.3 Å². The summed E-state index contributed by atoms with van der Waals surface area (Å²) in [6, 6.07) is 7.66. The van der Waals surface area contributed by atoms with Gasteiger partial charge in [-0.2, -0.15) is 0 Å². The average Bonchev–Trinajstić information content (AvgIpc) is 3.03. The number of hydrogen-bond acceptors (Lipinski definition) is 3. The standard InChI is InChI=1S/C11H13N3O/c15-14-10-4-2-1-3-9(10)11(13-14)12-7-8-5-6-8/h1-4,8,15H,5-7H2,(H,12,13). The molecule has 0 unspecified atom stereocenters. The monoisotopic (exact) mass is 203 g/mol. The maximum Gasteiger partial charge on any atom is 0.159 e. The molecular weight excluding hydrogens is 190 g/mol. The third-order valence-electron chi connectivity index (χ3n) is 2.82. The van der Waals surface area contributed by atoms with Gasteiger partial charge in [0.1, 0.15) is 5.52 Å². The quantitative estimate of drug-likeness (QED) is 0.751. The molecule has 1 heterocycles. The average molecular weight is 203 g/mol. The SMILES string of the molecule is On1nc(NCC2CC2)c2ccccc21. The minimum Gasteiger partial charge on any atom is -0.411 e. The van der Waals surface area contributed by atoms with Crippen LogP contribution in [0.5, 0.6) is 0 Å². The first-order valence-electron chi connectivity index (χ1n) is 5.25. The van der Waals surface area contributed by atoms with Crippen LogP contribution in [0.1, 0.15) is 12.8 Å². The Morgan fingerprint density at radius 3 is 3.00 bits per heavy atom. The first-order chi connectivity index (χ1) is 7.34. The summed E-state index contributed by atoms with van der Waals surface area (Å²) in [5, 5.41) is 17.8. The Morgan fingerprint density at radius 1 is 1.40 bits per heavy atom. The maximum atomic E-state index is 9.54. The van der Waals surface area contributed by atoms with Crippen LogP contribution in [0.2, 0.25) is 0 Å². The molecule has 0 radical (unpaired) electrons. The molecule has 15 heavy (non-hydrogen) atoms. The Balaban J connectivity index is 1.94. The predicted molar refractivity (Wildman–Crippen MR) is 58.1 cm³/mol. The van der Waals surface area contributed by atoms with Crippen LogP contribution in [-0.4, -0.2) is 21.7 Å². The lowest BCUT2D eigenvalue weighted by Gasteiger charge is -2.00. The van der Waals surface area contributed by atoms with Gasteiger partial charge >= 0.3 is 0 Å². The zero-order valence-electron chi connectivity index (χ0n) is 8.35. The molecule has 3 rings (SSSR count). The van der Waals surface area contributed by atoms with Crippen LogP contribution in [0, 0.1) is 5.92 Å². The fraction of sp³-hybridized carbons (Fsp3) is 0.364. The molecule has 0 aliphatic heterocycles. The van der Waals surface area contributed by atoms with E-state index in [-0.39, 0.29) is 0 Å². The lowest BCUT2D eigenvalue weighted by molar-refractivity contribution is 0.162. The minimum atomic E-state index is 0.746. The van der Waals surface area contributed by atoms with Crippen LogP contribution >= 0.6 is 0 Å². The largest absolute Gasteiger partial charge is 0.411 e. The summed E-state index contributed by atoms with van der Waals surface area (Å²) in [5.41, 5.74) is 0.746. The number of aromatic nitrogens is 2. The van der Waals surface area contributed by atoms with Crippen molar-refractivity contribution in [2.45, 2.75) is 12.8 Å². The molecular formula is C11H13N3O. The number of anilines is 1. The second-order valence-corrected chi connectivity index (χ2v) is 4.08. The number of nitrogens with one attached hydrogen (secondary N) is 1. The van der Waals surface area contributed by atoms with Gasteiger partial charge in [0.05, 0.1) is 0 Å². The smallest absolute Gasteiger partial charge is 0.159 e. The van der Waals surface area contributed by atoms with Crippen LogP contribution in [0.25, 0.3) is 10.9 Å². The van der Waals surface area contributed by atoms with Gasteiger partial charge in [-0.05, 0) is 30.9 Å². The van der Waals surface area contributed by atoms with Gasteiger partial charge in [0.2, 0.25) is 0 Å². The van der Waals surface area contributed by atoms with Crippen molar-refractivity contribution in [3.63, 3.8) is 0 Å². The number of hydrogen-bond donors (Lipinski definition) is 2. The molecule has 78 valence electrons. The van der Waals surface area contributed by atoms with Crippen LogP contribution in [-0.2, 0) is 0 Å². The molecule has 1 aromatic heterocycles. The van der Waals surface area contributed by atoms with Crippen molar-refractivity contribution >= 4 is 16.7 Å². The third kappa shape index (κ3) is 1.52. The maximum absolute atomic E-state index is 9.54. The highest BCUT2D eigenvalue weighted by Gasteiger charge is 2.21. The Bertz CT molecular complexity index is 488. The van der Waals surface area contributed by atoms with E-state index in [1.807, 2.05) is 24.3 Å². The molecule has 1 fully saturated rings. The Kier molecular flexibility index (Phi) is 1.80. The summed E-state index contributed by atoms with van der Waals surface area (Å²) in [6.45, 7) is 0.959. The molecule has 0 saturated heterocycles. The molecule has 4 heteroatoms.